The number of anilines is 1. The standard InChI is InChI=1S/C27H18ClF4N3O3/c28-20-12-16-2-1-11-37-23(16)14-24(20)38-18-6-3-15(4-7-18)26(36)33-25-10-9-22(34-35-25)19-8-5-17(13-21(19)29)27(30,31)32/h3-10,12-14H,1-2,11H2,(H,33,35,36). The molecule has 1 aromatic heterocycles. The molecule has 1 aliphatic heterocycles. The Bertz CT molecular complexity index is 1490. The number of nitrogens with one attached hydrogen (secondary N) is 1. The second kappa shape index (κ2) is 10.3. The summed E-state index contributed by atoms with van der Waals surface area (Å²) in [6.07, 6.45) is -2.84. The SMILES string of the molecule is O=C(Nc1ccc(-c2ccc(C(F)(F)F)cc2F)nn1)c1ccc(Oc2cc3c(cc2Cl)CCCO3)cc1. The van der Waals surface area contributed by atoms with Gasteiger partial charge in [-0.25, -0.2) is 4.39 Å². The Morgan fingerprint density at radius 2 is 1.79 bits per heavy atom. The molecule has 194 valence electrons. The van der Waals surface area contributed by atoms with Gasteiger partial charge in [0.1, 0.15) is 23.1 Å². The Labute approximate surface area is 219 Å². The van der Waals surface area contributed by atoms with Crippen molar-refractivity contribution in [3.63, 3.8) is 0 Å². The minimum Gasteiger partial charge on any atom is -0.493 e. The number of rotatable bonds is 5. The summed E-state index contributed by atoms with van der Waals surface area (Å²) < 4.78 is 64.0. The van der Waals surface area contributed by atoms with Gasteiger partial charge < -0.3 is 14.8 Å². The number of ether oxygens (including phenoxy) is 2. The van der Waals surface area contributed by atoms with Crippen LogP contribution in [0.25, 0.3) is 11.3 Å². The first kappa shape index (κ1) is 25.5. The number of amides is 1. The number of alkyl halides is 3. The van der Waals surface area contributed by atoms with E-state index in [2.05, 4.69) is 15.5 Å². The fourth-order valence-electron chi connectivity index (χ4n) is 3.86. The van der Waals surface area contributed by atoms with Gasteiger partial charge in [0.2, 0.25) is 0 Å². The predicted molar refractivity (Wildman–Crippen MR) is 132 cm³/mol. The molecule has 0 saturated carbocycles. The van der Waals surface area contributed by atoms with Gasteiger partial charge in [-0.15, -0.1) is 10.2 Å². The molecule has 6 nitrogen and oxygen atoms in total. The predicted octanol–water partition coefficient (Wildman–Crippen LogP) is 7.32. The minimum atomic E-state index is -4.66. The highest BCUT2D eigenvalue weighted by Crippen LogP contribution is 2.38. The summed E-state index contributed by atoms with van der Waals surface area (Å²) in [7, 11) is 0. The first-order valence-corrected chi connectivity index (χ1v) is 11.8. The van der Waals surface area contributed by atoms with Crippen LogP contribution in [-0.2, 0) is 12.6 Å². The van der Waals surface area contributed by atoms with Gasteiger partial charge in [0.25, 0.3) is 5.91 Å². The third kappa shape index (κ3) is 5.55. The number of hydrogen-bond acceptors (Lipinski definition) is 5. The average molecular weight is 544 g/mol. The first-order valence-electron chi connectivity index (χ1n) is 11.4. The number of carbonyl (C=O) groups is 1. The largest absolute Gasteiger partial charge is 0.493 e. The summed E-state index contributed by atoms with van der Waals surface area (Å²) in [4.78, 5) is 12.6. The van der Waals surface area contributed by atoms with Crippen molar-refractivity contribution in [3.8, 4) is 28.5 Å². The van der Waals surface area contributed by atoms with Crippen LogP contribution >= 0.6 is 11.6 Å². The summed E-state index contributed by atoms with van der Waals surface area (Å²) in [6, 6.07) is 14.7. The highest BCUT2D eigenvalue weighted by atomic mass is 35.5. The Hall–Kier alpha value is -4.18. The maximum atomic E-state index is 14.2. The first-order chi connectivity index (χ1) is 18.2. The maximum absolute atomic E-state index is 14.2. The molecule has 0 unspecified atom stereocenters. The smallest absolute Gasteiger partial charge is 0.416 e. The van der Waals surface area contributed by atoms with E-state index in [4.69, 9.17) is 21.1 Å². The maximum Gasteiger partial charge on any atom is 0.416 e. The molecule has 38 heavy (non-hydrogen) atoms. The number of carbonyl (C=O) groups excluding carboxylic acids is 1. The Morgan fingerprint density at radius 1 is 1.00 bits per heavy atom. The fraction of sp³-hybridized carbons (Fsp3) is 0.148. The zero-order valence-electron chi connectivity index (χ0n) is 19.5. The lowest BCUT2D eigenvalue weighted by Crippen LogP contribution is -2.13. The van der Waals surface area contributed by atoms with E-state index in [0.717, 1.165) is 36.3 Å². The van der Waals surface area contributed by atoms with Crippen molar-refractivity contribution in [2.24, 2.45) is 0 Å². The molecule has 5 rings (SSSR count). The molecule has 0 fully saturated rings. The molecule has 1 N–H and O–H groups in total. The van der Waals surface area contributed by atoms with E-state index >= 15 is 0 Å². The van der Waals surface area contributed by atoms with Gasteiger partial charge in [-0.2, -0.15) is 13.2 Å². The quantitative estimate of drug-likeness (QED) is 0.267. The van der Waals surface area contributed by atoms with Crippen molar-refractivity contribution < 1.29 is 31.8 Å². The van der Waals surface area contributed by atoms with E-state index in [-0.39, 0.29) is 17.1 Å². The van der Waals surface area contributed by atoms with Crippen LogP contribution in [0.4, 0.5) is 23.4 Å². The molecule has 11 heteroatoms. The van der Waals surface area contributed by atoms with Crippen molar-refractivity contribution in [3.05, 3.63) is 94.3 Å². The van der Waals surface area contributed by atoms with Crippen LogP contribution < -0.4 is 14.8 Å². The third-order valence-electron chi connectivity index (χ3n) is 5.79. The fourth-order valence-corrected chi connectivity index (χ4v) is 4.09. The van der Waals surface area contributed by atoms with Gasteiger partial charge in [0.15, 0.2) is 5.82 Å². The van der Waals surface area contributed by atoms with E-state index in [0.29, 0.717) is 34.8 Å². The number of nitrogens with zero attached hydrogens (tertiary/aromatic N) is 2. The topological polar surface area (TPSA) is 73.3 Å². The summed E-state index contributed by atoms with van der Waals surface area (Å²) in [5.74, 6) is 0.135. The number of benzene rings is 3. The molecule has 0 bridgehead atoms. The second-order valence-electron chi connectivity index (χ2n) is 8.42. The molecule has 1 amide bonds. The van der Waals surface area contributed by atoms with Gasteiger partial charge in [-0.1, -0.05) is 11.6 Å². The van der Waals surface area contributed by atoms with Crippen LogP contribution in [0.15, 0.2) is 66.7 Å². The Morgan fingerprint density at radius 3 is 2.47 bits per heavy atom. The molecule has 0 atom stereocenters. The van der Waals surface area contributed by atoms with Crippen LogP contribution in [0.5, 0.6) is 17.2 Å². The zero-order valence-corrected chi connectivity index (χ0v) is 20.2. The zero-order chi connectivity index (χ0) is 26.9. The molecule has 3 aromatic carbocycles. The normalized spacial score (nSPS) is 12.9. The molecule has 0 spiro atoms. The minimum absolute atomic E-state index is 0.0157. The number of fused-ring (bicyclic) bond motifs is 1. The lowest BCUT2D eigenvalue weighted by atomic mass is 10.1. The van der Waals surface area contributed by atoms with E-state index in [1.807, 2.05) is 6.07 Å². The Balaban J connectivity index is 1.24. The van der Waals surface area contributed by atoms with Gasteiger partial charge in [-0.3, -0.25) is 4.79 Å². The summed E-state index contributed by atoms with van der Waals surface area (Å²) in [5, 5.41) is 10.7. The van der Waals surface area contributed by atoms with Crippen LogP contribution in [0, 0.1) is 5.82 Å². The van der Waals surface area contributed by atoms with Crippen LogP contribution in [0.1, 0.15) is 27.9 Å². The molecule has 0 aliphatic carbocycles. The van der Waals surface area contributed by atoms with E-state index in [1.54, 1.807) is 30.3 Å². The highest BCUT2D eigenvalue weighted by molar-refractivity contribution is 6.32. The van der Waals surface area contributed by atoms with Crippen molar-refractivity contribution in [2.45, 2.75) is 19.0 Å². The lowest BCUT2D eigenvalue weighted by Gasteiger charge is -2.19. The van der Waals surface area contributed by atoms with Gasteiger partial charge in [0, 0.05) is 17.2 Å². The lowest BCUT2D eigenvalue weighted by molar-refractivity contribution is -0.137. The van der Waals surface area contributed by atoms with Crippen LogP contribution in [0.3, 0.4) is 0 Å². The summed E-state index contributed by atoms with van der Waals surface area (Å²) >= 11 is 6.34. The van der Waals surface area contributed by atoms with E-state index < -0.39 is 23.5 Å². The molecule has 0 saturated heterocycles. The number of hydrogen-bond donors (Lipinski definition) is 1. The van der Waals surface area contributed by atoms with E-state index in [1.165, 1.54) is 12.1 Å². The van der Waals surface area contributed by atoms with Crippen molar-refractivity contribution in [1.29, 1.82) is 0 Å². The van der Waals surface area contributed by atoms with Crippen molar-refractivity contribution in [2.75, 3.05) is 11.9 Å². The van der Waals surface area contributed by atoms with Crippen LogP contribution in [-0.4, -0.2) is 22.7 Å². The van der Waals surface area contributed by atoms with Gasteiger partial charge >= 0.3 is 6.18 Å². The molecule has 1 aliphatic rings. The molecule has 0 radical (unpaired) electrons. The molecular weight excluding hydrogens is 526 g/mol. The second-order valence-corrected chi connectivity index (χ2v) is 8.83. The highest BCUT2D eigenvalue weighted by Gasteiger charge is 2.31. The molecular formula is C27H18ClF4N3O3. The number of aromatic nitrogens is 2. The molecule has 2 heterocycles. The van der Waals surface area contributed by atoms with Gasteiger partial charge in [0.05, 0.1) is 22.9 Å². The molecule has 4 aromatic rings. The number of aryl methyl sites for hydroxylation is 1. The van der Waals surface area contributed by atoms with Crippen LogP contribution in [0.2, 0.25) is 5.02 Å². The van der Waals surface area contributed by atoms with E-state index in [9.17, 15) is 22.4 Å². The van der Waals surface area contributed by atoms with Gasteiger partial charge in [-0.05, 0) is 79.1 Å². The average Bonchev–Trinajstić information content (AvgIpc) is 2.89. The number of halogens is 5. The van der Waals surface area contributed by atoms with Crippen molar-refractivity contribution >= 4 is 23.3 Å². The monoisotopic (exact) mass is 543 g/mol. The summed E-state index contributed by atoms with van der Waals surface area (Å²) in [5.41, 5.74) is 0.0939. The Kier molecular flexibility index (Phi) is 6.90. The summed E-state index contributed by atoms with van der Waals surface area (Å²) in [6.45, 7) is 0.636. The van der Waals surface area contributed by atoms with Crippen molar-refractivity contribution in [1.82, 2.24) is 10.2 Å². The third-order valence-corrected chi connectivity index (χ3v) is 6.08.